The monoisotopic (exact) mass is 301 g/mol. The summed E-state index contributed by atoms with van der Waals surface area (Å²) >= 11 is 0. The quantitative estimate of drug-likeness (QED) is 0.920. The zero-order valence-corrected chi connectivity index (χ0v) is 12.0. The highest BCUT2D eigenvalue weighted by Gasteiger charge is 2.55. The highest BCUT2D eigenvalue weighted by molar-refractivity contribution is 6.22. The molecule has 0 radical (unpaired) electrons. The van der Waals surface area contributed by atoms with Gasteiger partial charge in [-0.15, -0.1) is 0 Å². The summed E-state index contributed by atoms with van der Waals surface area (Å²) in [7, 11) is 0. The van der Waals surface area contributed by atoms with Gasteiger partial charge in [0.1, 0.15) is 6.07 Å². The van der Waals surface area contributed by atoms with Crippen molar-refractivity contribution >= 4 is 17.3 Å². The highest BCUT2D eigenvalue weighted by Crippen LogP contribution is 2.35. The molecule has 1 aliphatic carbocycles. The maximum atomic E-state index is 12.9. The molecule has 5 nitrogen and oxygen atoms in total. The van der Waals surface area contributed by atoms with Crippen LogP contribution in [-0.4, -0.2) is 17.1 Å². The number of Topliss-reactive ketones (excluding diaryl/α,β-unsaturated/α-hetero) is 2. The molecular weight excluding hydrogens is 290 g/mol. The van der Waals surface area contributed by atoms with E-state index in [0.717, 1.165) is 0 Å². The number of benzene rings is 2. The van der Waals surface area contributed by atoms with Gasteiger partial charge in [0.05, 0.1) is 6.07 Å². The SMILES string of the molecule is N#CC1C(=O)c2ccccc2C(=O)C1(C#N)Nc1ccccc1. The van der Waals surface area contributed by atoms with E-state index in [9.17, 15) is 20.1 Å². The molecule has 0 saturated carbocycles. The molecule has 0 saturated heterocycles. The Morgan fingerprint density at radius 3 is 2.13 bits per heavy atom. The van der Waals surface area contributed by atoms with E-state index in [4.69, 9.17) is 0 Å². The van der Waals surface area contributed by atoms with Crippen LogP contribution in [0, 0.1) is 28.6 Å². The van der Waals surface area contributed by atoms with Gasteiger partial charge in [-0.25, -0.2) is 0 Å². The Labute approximate surface area is 132 Å². The van der Waals surface area contributed by atoms with Crippen LogP contribution in [0.15, 0.2) is 54.6 Å². The predicted molar refractivity (Wildman–Crippen MR) is 82.6 cm³/mol. The van der Waals surface area contributed by atoms with E-state index in [2.05, 4.69) is 5.32 Å². The first-order chi connectivity index (χ1) is 11.1. The van der Waals surface area contributed by atoms with Crippen molar-refractivity contribution in [1.82, 2.24) is 0 Å². The largest absolute Gasteiger partial charge is 0.360 e. The zero-order valence-electron chi connectivity index (χ0n) is 12.0. The van der Waals surface area contributed by atoms with Crippen LogP contribution in [0.1, 0.15) is 20.7 Å². The number of nitriles is 2. The molecule has 0 bridgehead atoms. The van der Waals surface area contributed by atoms with Gasteiger partial charge in [0.2, 0.25) is 11.3 Å². The van der Waals surface area contributed by atoms with E-state index in [-0.39, 0.29) is 11.1 Å². The molecule has 2 unspecified atom stereocenters. The molecule has 2 aromatic carbocycles. The Bertz CT molecular complexity index is 877. The van der Waals surface area contributed by atoms with Crippen LogP contribution in [0.3, 0.4) is 0 Å². The molecule has 2 atom stereocenters. The number of ketones is 2. The Morgan fingerprint density at radius 1 is 0.913 bits per heavy atom. The van der Waals surface area contributed by atoms with Crippen molar-refractivity contribution in [2.45, 2.75) is 5.54 Å². The smallest absolute Gasteiger partial charge is 0.212 e. The minimum atomic E-state index is -1.93. The van der Waals surface area contributed by atoms with Crippen molar-refractivity contribution in [3.8, 4) is 12.1 Å². The summed E-state index contributed by atoms with van der Waals surface area (Å²) in [6.07, 6.45) is 0. The predicted octanol–water partition coefficient (Wildman–Crippen LogP) is 2.58. The van der Waals surface area contributed by atoms with E-state index in [1.165, 1.54) is 12.1 Å². The van der Waals surface area contributed by atoms with E-state index in [1.54, 1.807) is 42.5 Å². The van der Waals surface area contributed by atoms with Gasteiger partial charge in [-0.1, -0.05) is 42.5 Å². The average Bonchev–Trinajstić information content (AvgIpc) is 2.60. The summed E-state index contributed by atoms with van der Waals surface area (Å²) in [5, 5.41) is 21.9. The summed E-state index contributed by atoms with van der Waals surface area (Å²) in [6.45, 7) is 0. The van der Waals surface area contributed by atoms with Gasteiger partial charge in [0.25, 0.3) is 0 Å². The third-order valence-corrected chi connectivity index (χ3v) is 3.91. The number of carbonyl (C=O) groups is 2. The molecule has 0 aromatic heterocycles. The Hall–Kier alpha value is -3.44. The van der Waals surface area contributed by atoms with Gasteiger partial charge >= 0.3 is 0 Å². The number of fused-ring (bicyclic) bond motifs is 1. The summed E-state index contributed by atoms with van der Waals surface area (Å²) in [5.41, 5.74) is -1.09. The third-order valence-electron chi connectivity index (χ3n) is 3.91. The second-order valence-electron chi connectivity index (χ2n) is 5.21. The topological polar surface area (TPSA) is 93.8 Å². The average molecular weight is 301 g/mol. The summed E-state index contributed by atoms with van der Waals surface area (Å²) in [6, 6.07) is 18.6. The number of nitrogens with zero attached hydrogens (tertiary/aromatic N) is 2. The molecule has 23 heavy (non-hydrogen) atoms. The van der Waals surface area contributed by atoms with E-state index in [0.29, 0.717) is 5.69 Å². The fraction of sp³-hybridized carbons (Fsp3) is 0.111. The molecule has 0 fully saturated rings. The molecule has 2 aromatic rings. The first-order valence-corrected chi connectivity index (χ1v) is 6.96. The van der Waals surface area contributed by atoms with Gasteiger partial charge < -0.3 is 5.32 Å². The summed E-state index contributed by atoms with van der Waals surface area (Å²) in [4.78, 5) is 25.5. The van der Waals surface area contributed by atoms with Crippen LogP contribution in [0.25, 0.3) is 0 Å². The standard InChI is InChI=1S/C18H11N3O2/c19-10-15-16(22)13-8-4-5-9-14(13)17(23)18(15,11-20)21-12-6-2-1-3-7-12/h1-9,15,21H. The van der Waals surface area contributed by atoms with Crippen LogP contribution >= 0.6 is 0 Å². The van der Waals surface area contributed by atoms with Crippen LogP contribution < -0.4 is 5.32 Å². The van der Waals surface area contributed by atoms with Crippen molar-refractivity contribution in [2.75, 3.05) is 5.32 Å². The lowest BCUT2D eigenvalue weighted by atomic mass is 9.69. The number of hydrogen-bond acceptors (Lipinski definition) is 5. The summed E-state index contributed by atoms with van der Waals surface area (Å²) in [5.74, 6) is -2.49. The van der Waals surface area contributed by atoms with Crippen LogP contribution in [-0.2, 0) is 0 Å². The molecule has 3 rings (SSSR count). The lowest BCUT2D eigenvalue weighted by Gasteiger charge is -2.34. The van der Waals surface area contributed by atoms with Gasteiger partial charge in [0.15, 0.2) is 11.7 Å². The van der Waals surface area contributed by atoms with Gasteiger partial charge in [0, 0.05) is 16.8 Å². The lowest BCUT2D eigenvalue weighted by molar-refractivity contribution is 0.0798. The maximum absolute atomic E-state index is 12.9. The van der Waals surface area contributed by atoms with Crippen molar-refractivity contribution in [3.05, 3.63) is 65.7 Å². The lowest BCUT2D eigenvalue weighted by Crippen LogP contribution is -2.57. The molecule has 110 valence electrons. The second-order valence-corrected chi connectivity index (χ2v) is 5.21. The number of anilines is 1. The van der Waals surface area contributed by atoms with E-state index >= 15 is 0 Å². The number of carbonyl (C=O) groups excluding carboxylic acids is 2. The van der Waals surface area contributed by atoms with Crippen LogP contribution in [0.5, 0.6) is 0 Å². The maximum Gasteiger partial charge on any atom is 0.212 e. The number of para-hydroxylation sites is 1. The fourth-order valence-electron chi connectivity index (χ4n) is 2.77. The number of rotatable bonds is 2. The molecule has 1 aliphatic rings. The Balaban J connectivity index is 2.20. The fourth-order valence-corrected chi connectivity index (χ4v) is 2.77. The number of nitrogens with one attached hydrogen (secondary N) is 1. The minimum absolute atomic E-state index is 0.161. The molecular formula is C18H11N3O2. The molecule has 0 amide bonds. The van der Waals surface area contributed by atoms with Gasteiger partial charge in [-0.05, 0) is 12.1 Å². The second kappa shape index (κ2) is 5.40. The van der Waals surface area contributed by atoms with Crippen LogP contribution in [0.4, 0.5) is 5.69 Å². The molecule has 0 spiro atoms. The van der Waals surface area contributed by atoms with Crippen molar-refractivity contribution in [3.63, 3.8) is 0 Å². The highest BCUT2D eigenvalue weighted by atomic mass is 16.1. The first-order valence-electron chi connectivity index (χ1n) is 6.96. The van der Waals surface area contributed by atoms with Crippen LogP contribution in [0.2, 0.25) is 0 Å². The third kappa shape index (κ3) is 2.07. The molecule has 0 aliphatic heterocycles. The minimum Gasteiger partial charge on any atom is -0.360 e. The number of hydrogen-bond donors (Lipinski definition) is 1. The molecule has 0 heterocycles. The Morgan fingerprint density at radius 2 is 1.52 bits per heavy atom. The van der Waals surface area contributed by atoms with Gasteiger partial charge in [-0.2, -0.15) is 10.5 Å². The van der Waals surface area contributed by atoms with Crippen molar-refractivity contribution in [1.29, 1.82) is 10.5 Å². The Kier molecular flexibility index (Phi) is 3.40. The van der Waals surface area contributed by atoms with Crippen molar-refractivity contribution in [2.24, 2.45) is 5.92 Å². The normalized spacial score (nSPS) is 22.6. The van der Waals surface area contributed by atoms with E-state index in [1.807, 2.05) is 12.1 Å². The molecule has 5 heteroatoms. The summed E-state index contributed by atoms with van der Waals surface area (Å²) < 4.78 is 0. The van der Waals surface area contributed by atoms with Crippen molar-refractivity contribution < 1.29 is 9.59 Å². The van der Waals surface area contributed by atoms with Gasteiger partial charge in [-0.3, -0.25) is 9.59 Å². The molecule has 1 N–H and O–H groups in total. The van der Waals surface area contributed by atoms with E-state index < -0.39 is 23.0 Å². The zero-order chi connectivity index (χ0) is 16.4. The first kappa shape index (κ1) is 14.5.